The molecule has 0 aliphatic heterocycles. The highest BCUT2D eigenvalue weighted by Crippen LogP contribution is 2.23. The molecule has 8 heteroatoms. The zero-order valence-electron chi connectivity index (χ0n) is 10.5. The summed E-state index contributed by atoms with van der Waals surface area (Å²) in [5.41, 5.74) is 0.840. The first-order chi connectivity index (χ1) is 9.70. The Morgan fingerprint density at radius 1 is 1.25 bits per heavy atom. The number of rotatable bonds is 4. The number of thioether (sulfide) groups is 1. The van der Waals surface area contributed by atoms with Crippen molar-refractivity contribution in [2.45, 2.75) is 17.8 Å². The summed E-state index contributed by atoms with van der Waals surface area (Å²) in [5.74, 6) is 2.31. The second-order valence-electron chi connectivity index (χ2n) is 4.00. The number of hydrogen-bond donors (Lipinski definition) is 1. The molecule has 0 aliphatic rings. The number of aromatic nitrogens is 5. The number of nitrogens with zero attached hydrogens (tertiary/aromatic N) is 4. The van der Waals surface area contributed by atoms with Crippen molar-refractivity contribution in [1.82, 2.24) is 25.4 Å². The fraction of sp³-hybridized carbons (Fsp3) is 0.167. The zero-order valence-corrected chi connectivity index (χ0v) is 12.1. The Hall–Kier alpha value is -1.86. The number of nitrogens with one attached hydrogen (secondary N) is 1. The minimum atomic E-state index is 0.475. The largest absolute Gasteiger partial charge is 0.420 e. The van der Waals surface area contributed by atoms with Crippen molar-refractivity contribution in [3.63, 3.8) is 0 Å². The van der Waals surface area contributed by atoms with Crippen LogP contribution >= 0.6 is 23.4 Å². The minimum Gasteiger partial charge on any atom is -0.420 e. The highest BCUT2D eigenvalue weighted by molar-refractivity contribution is 7.98. The van der Waals surface area contributed by atoms with Gasteiger partial charge in [-0.25, -0.2) is 4.98 Å². The molecule has 0 spiro atoms. The van der Waals surface area contributed by atoms with Gasteiger partial charge in [0.15, 0.2) is 0 Å². The van der Waals surface area contributed by atoms with E-state index < -0.39 is 0 Å². The molecule has 0 saturated carbocycles. The lowest BCUT2D eigenvalue weighted by Gasteiger charge is -1.94. The summed E-state index contributed by atoms with van der Waals surface area (Å²) in [6.45, 7) is 1.85. The van der Waals surface area contributed by atoms with Crippen LogP contribution in [0, 0.1) is 6.92 Å². The van der Waals surface area contributed by atoms with Gasteiger partial charge >= 0.3 is 0 Å². The Labute approximate surface area is 124 Å². The SMILES string of the molecule is Cc1nc(SCc2nnc(-c3ccc(Cl)cc3)o2)n[nH]1. The van der Waals surface area contributed by atoms with E-state index in [1.54, 1.807) is 12.1 Å². The van der Waals surface area contributed by atoms with Gasteiger partial charge in [-0.1, -0.05) is 23.4 Å². The molecule has 0 saturated heterocycles. The first-order valence-electron chi connectivity index (χ1n) is 5.81. The molecular weight excluding hydrogens is 298 g/mol. The van der Waals surface area contributed by atoms with E-state index in [0.717, 1.165) is 11.4 Å². The van der Waals surface area contributed by atoms with E-state index in [-0.39, 0.29) is 0 Å². The van der Waals surface area contributed by atoms with Gasteiger partial charge in [-0.3, -0.25) is 5.10 Å². The number of halogens is 1. The van der Waals surface area contributed by atoms with Crippen molar-refractivity contribution in [1.29, 1.82) is 0 Å². The van der Waals surface area contributed by atoms with Crippen molar-refractivity contribution in [3.05, 3.63) is 41.0 Å². The summed E-state index contributed by atoms with van der Waals surface area (Å²) in [6, 6.07) is 7.24. The third-order valence-electron chi connectivity index (χ3n) is 2.46. The molecule has 102 valence electrons. The van der Waals surface area contributed by atoms with Crippen molar-refractivity contribution in [3.8, 4) is 11.5 Å². The smallest absolute Gasteiger partial charge is 0.247 e. The number of benzene rings is 1. The molecule has 1 aromatic carbocycles. The number of H-pyrrole nitrogens is 1. The van der Waals surface area contributed by atoms with Crippen molar-refractivity contribution >= 4 is 23.4 Å². The van der Waals surface area contributed by atoms with E-state index in [1.807, 2.05) is 19.1 Å². The second kappa shape index (κ2) is 5.64. The summed E-state index contributed by atoms with van der Waals surface area (Å²) in [4.78, 5) is 4.19. The average molecular weight is 308 g/mol. The topological polar surface area (TPSA) is 80.5 Å². The zero-order chi connectivity index (χ0) is 13.9. The van der Waals surface area contributed by atoms with Crippen molar-refractivity contribution in [2.75, 3.05) is 0 Å². The summed E-state index contributed by atoms with van der Waals surface area (Å²) in [5, 5.41) is 16.2. The summed E-state index contributed by atoms with van der Waals surface area (Å²) in [6.07, 6.45) is 0. The molecule has 2 heterocycles. The van der Waals surface area contributed by atoms with Crippen LogP contribution in [0.4, 0.5) is 0 Å². The molecule has 3 rings (SSSR count). The lowest BCUT2D eigenvalue weighted by Crippen LogP contribution is -1.82. The first kappa shape index (κ1) is 13.1. The van der Waals surface area contributed by atoms with E-state index in [4.69, 9.17) is 16.0 Å². The van der Waals surface area contributed by atoms with Crippen LogP contribution in [0.25, 0.3) is 11.5 Å². The maximum absolute atomic E-state index is 5.84. The fourth-order valence-corrected chi connectivity index (χ4v) is 2.34. The van der Waals surface area contributed by atoms with Gasteiger partial charge in [0, 0.05) is 10.6 Å². The Bertz CT molecular complexity index is 709. The van der Waals surface area contributed by atoms with Crippen LogP contribution in [-0.4, -0.2) is 25.4 Å². The third-order valence-corrected chi connectivity index (χ3v) is 3.54. The summed E-state index contributed by atoms with van der Waals surface area (Å²) < 4.78 is 5.59. The number of hydrogen-bond acceptors (Lipinski definition) is 6. The fourth-order valence-electron chi connectivity index (χ4n) is 1.53. The van der Waals surface area contributed by atoms with E-state index >= 15 is 0 Å². The van der Waals surface area contributed by atoms with Crippen LogP contribution in [0.2, 0.25) is 5.02 Å². The van der Waals surface area contributed by atoms with E-state index in [0.29, 0.717) is 27.7 Å². The maximum Gasteiger partial charge on any atom is 0.247 e. The molecule has 0 radical (unpaired) electrons. The Morgan fingerprint density at radius 3 is 2.75 bits per heavy atom. The second-order valence-corrected chi connectivity index (χ2v) is 5.38. The van der Waals surface area contributed by atoms with Gasteiger partial charge < -0.3 is 4.42 Å². The van der Waals surface area contributed by atoms with Gasteiger partial charge in [0.05, 0.1) is 5.75 Å². The molecule has 0 aliphatic carbocycles. The normalized spacial score (nSPS) is 10.9. The predicted molar refractivity (Wildman–Crippen MR) is 75.4 cm³/mol. The Balaban J connectivity index is 1.69. The van der Waals surface area contributed by atoms with Crippen molar-refractivity contribution < 1.29 is 4.42 Å². The van der Waals surface area contributed by atoms with Crippen LogP contribution in [-0.2, 0) is 5.75 Å². The highest BCUT2D eigenvalue weighted by atomic mass is 35.5. The number of aromatic amines is 1. The van der Waals surface area contributed by atoms with E-state index in [2.05, 4.69) is 25.4 Å². The molecule has 0 unspecified atom stereocenters. The monoisotopic (exact) mass is 307 g/mol. The molecule has 0 atom stereocenters. The van der Waals surface area contributed by atoms with Crippen LogP contribution in [0.15, 0.2) is 33.8 Å². The molecule has 0 bridgehead atoms. The quantitative estimate of drug-likeness (QED) is 0.746. The van der Waals surface area contributed by atoms with E-state index in [1.165, 1.54) is 11.8 Å². The average Bonchev–Trinajstić information content (AvgIpc) is 3.06. The molecule has 1 N–H and O–H groups in total. The minimum absolute atomic E-state index is 0.475. The molecule has 0 amide bonds. The van der Waals surface area contributed by atoms with Crippen LogP contribution < -0.4 is 0 Å². The summed E-state index contributed by atoms with van der Waals surface area (Å²) >= 11 is 7.27. The first-order valence-corrected chi connectivity index (χ1v) is 7.17. The van der Waals surface area contributed by atoms with Crippen LogP contribution in [0.1, 0.15) is 11.7 Å². The lowest BCUT2D eigenvalue weighted by molar-refractivity contribution is 0.528. The highest BCUT2D eigenvalue weighted by Gasteiger charge is 2.10. The molecule has 0 fully saturated rings. The Kier molecular flexibility index (Phi) is 3.70. The third kappa shape index (κ3) is 3.00. The van der Waals surface area contributed by atoms with Crippen molar-refractivity contribution in [2.24, 2.45) is 0 Å². The van der Waals surface area contributed by atoms with Gasteiger partial charge in [0.1, 0.15) is 5.82 Å². The van der Waals surface area contributed by atoms with Gasteiger partial charge in [0.25, 0.3) is 0 Å². The Morgan fingerprint density at radius 2 is 2.05 bits per heavy atom. The van der Waals surface area contributed by atoms with Crippen LogP contribution in [0.3, 0.4) is 0 Å². The molecule has 3 aromatic rings. The molecule has 20 heavy (non-hydrogen) atoms. The lowest BCUT2D eigenvalue weighted by atomic mass is 10.2. The van der Waals surface area contributed by atoms with E-state index in [9.17, 15) is 0 Å². The van der Waals surface area contributed by atoms with Gasteiger partial charge in [0.2, 0.25) is 16.9 Å². The molecular formula is C12H10ClN5OS. The molecule has 6 nitrogen and oxygen atoms in total. The van der Waals surface area contributed by atoms with Gasteiger partial charge in [-0.05, 0) is 31.2 Å². The summed E-state index contributed by atoms with van der Waals surface area (Å²) in [7, 11) is 0. The van der Waals surface area contributed by atoms with Gasteiger partial charge in [-0.15, -0.1) is 15.3 Å². The van der Waals surface area contributed by atoms with Crippen LogP contribution in [0.5, 0.6) is 0 Å². The van der Waals surface area contributed by atoms with Gasteiger partial charge in [-0.2, -0.15) is 0 Å². The standard InChI is InChI=1S/C12H10ClN5OS/c1-7-14-12(18-15-7)20-6-10-16-17-11(19-10)8-2-4-9(13)5-3-8/h2-5H,6H2,1H3,(H,14,15,18). The predicted octanol–water partition coefficient (Wildman–Crippen LogP) is 3.11. The molecule has 2 aromatic heterocycles. The maximum atomic E-state index is 5.84. The number of aryl methyl sites for hydroxylation is 1.